The molecule has 1 fully saturated rings. The number of benzene rings is 2. The summed E-state index contributed by atoms with van der Waals surface area (Å²) in [5.74, 6) is 0.506. The van der Waals surface area contributed by atoms with E-state index in [1.54, 1.807) is 36.4 Å². The molecule has 1 saturated heterocycles. The van der Waals surface area contributed by atoms with E-state index in [9.17, 15) is 9.18 Å². The van der Waals surface area contributed by atoms with E-state index < -0.39 is 0 Å². The molecule has 0 saturated carbocycles. The Kier molecular flexibility index (Phi) is 9.42. The van der Waals surface area contributed by atoms with Gasteiger partial charge in [-0.2, -0.15) is 0 Å². The number of hydrogen-bond donors (Lipinski definition) is 2. The quantitative estimate of drug-likeness (QED) is 0.380. The molecule has 10 heteroatoms. The Bertz CT molecular complexity index is 1250. The molecule has 1 amide bonds. The first-order valence-electron chi connectivity index (χ1n) is 12.0. The summed E-state index contributed by atoms with van der Waals surface area (Å²) in [6.45, 7) is 6.60. The number of aromatic nitrogens is 2. The Balaban J connectivity index is 1.36. The molecule has 0 bridgehead atoms. The number of anilines is 2. The predicted molar refractivity (Wildman–Crippen MR) is 142 cm³/mol. The van der Waals surface area contributed by atoms with E-state index in [2.05, 4.69) is 25.5 Å². The summed E-state index contributed by atoms with van der Waals surface area (Å²) < 4.78 is 24.5. The molecule has 0 unspecified atom stereocenters. The van der Waals surface area contributed by atoms with E-state index in [0.29, 0.717) is 39.9 Å². The van der Waals surface area contributed by atoms with Crippen LogP contribution in [0, 0.1) is 12.7 Å². The van der Waals surface area contributed by atoms with E-state index in [0.717, 1.165) is 38.5 Å². The number of carbonyl (C=O) groups excluding carboxylic acids is 1. The van der Waals surface area contributed by atoms with Gasteiger partial charge in [0.05, 0.1) is 23.9 Å². The lowest BCUT2D eigenvalue weighted by Crippen LogP contribution is -2.41. The second kappa shape index (κ2) is 13.1. The van der Waals surface area contributed by atoms with Gasteiger partial charge in [0.1, 0.15) is 30.3 Å². The van der Waals surface area contributed by atoms with Crippen LogP contribution < -0.4 is 15.4 Å². The van der Waals surface area contributed by atoms with E-state index in [-0.39, 0.29) is 18.3 Å². The third-order valence-electron chi connectivity index (χ3n) is 5.79. The van der Waals surface area contributed by atoms with Crippen LogP contribution in [0.2, 0.25) is 5.02 Å². The third-order valence-corrected chi connectivity index (χ3v) is 6.09. The van der Waals surface area contributed by atoms with Crippen molar-refractivity contribution in [3.05, 3.63) is 82.5 Å². The summed E-state index contributed by atoms with van der Waals surface area (Å²) in [7, 11) is 0. The summed E-state index contributed by atoms with van der Waals surface area (Å²) in [6, 6.07) is 11.5. The molecule has 1 aliphatic heterocycles. The van der Waals surface area contributed by atoms with Gasteiger partial charge in [0.15, 0.2) is 0 Å². The molecule has 2 aromatic carbocycles. The lowest BCUT2D eigenvalue weighted by Gasteiger charge is -2.26. The summed E-state index contributed by atoms with van der Waals surface area (Å²) in [6.07, 6.45) is 4.63. The van der Waals surface area contributed by atoms with Crippen LogP contribution in [-0.4, -0.2) is 60.2 Å². The number of rotatable bonds is 10. The van der Waals surface area contributed by atoms with E-state index >= 15 is 0 Å². The molecule has 1 aromatic heterocycles. The van der Waals surface area contributed by atoms with Crippen LogP contribution in [0.5, 0.6) is 5.75 Å². The molecule has 0 radical (unpaired) electrons. The smallest absolute Gasteiger partial charge is 0.244 e. The first-order chi connectivity index (χ1) is 18.0. The number of hydrogen-bond acceptors (Lipinski definition) is 7. The van der Waals surface area contributed by atoms with Gasteiger partial charge in [-0.05, 0) is 48.9 Å². The SMILES string of the molecule is Cc1ncnc(Nc2ccc(OCc3cccc(F)c3)c(Cl)c2)c1/C=C/C(=O)NCCN1CCOCC1. The minimum atomic E-state index is -0.317. The van der Waals surface area contributed by atoms with Crippen LogP contribution in [-0.2, 0) is 16.1 Å². The summed E-state index contributed by atoms with van der Waals surface area (Å²) >= 11 is 6.42. The van der Waals surface area contributed by atoms with E-state index in [4.69, 9.17) is 21.1 Å². The van der Waals surface area contributed by atoms with Gasteiger partial charge in [-0.15, -0.1) is 0 Å². The minimum Gasteiger partial charge on any atom is -0.487 e. The van der Waals surface area contributed by atoms with Gasteiger partial charge in [0, 0.05) is 43.5 Å². The maximum absolute atomic E-state index is 13.4. The number of halogens is 2. The molecule has 2 heterocycles. The zero-order chi connectivity index (χ0) is 26.0. The lowest BCUT2D eigenvalue weighted by molar-refractivity contribution is -0.116. The largest absolute Gasteiger partial charge is 0.487 e. The van der Waals surface area contributed by atoms with Crippen molar-refractivity contribution >= 4 is 35.1 Å². The van der Waals surface area contributed by atoms with Gasteiger partial charge in [-0.1, -0.05) is 23.7 Å². The zero-order valence-electron chi connectivity index (χ0n) is 20.5. The van der Waals surface area contributed by atoms with Gasteiger partial charge < -0.3 is 20.1 Å². The van der Waals surface area contributed by atoms with Crippen molar-refractivity contribution in [3.8, 4) is 5.75 Å². The number of amides is 1. The van der Waals surface area contributed by atoms with Gasteiger partial charge in [-0.3, -0.25) is 9.69 Å². The Labute approximate surface area is 220 Å². The molecule has 1 aliphatic rings. The van der Waals surface area contributed by atoms with Crippen LogP contribution in [0.15, 0.2) is 54.9 Å². The van der Waals surface area contributed by atoms with Gasteiger partial charge >= 0.3 is 0 Å². The molecule has 2 N–H and O–H groups in total. The van der Waals surface area contributed by atoms with Crippen molar-refractivity contribution in [1.29, 1.82) is 0 Å². The van der Waals surface area contributed by atoms with Crippen molar-refractivity contribution in [2.24, 2.45) is 0 Å². The average molecular weight is 526 g/mol. The average Bonchev–Trinajstić information content (AvgIpc) is 2.88. The van der Waals surface area contributed by atoms with E-state index in [1.165, 1.54) is 24.5 Å². The molecule has 194 valence electrons. The van der Waals surface area contributed by atoms with Crippen molar-refractivity contribution in [2.75, 3.05) is 44.7 Å². The predicted octanol–water partition coefficient (Wildman–Crippen LogP) is 4.36. The lowest BCUT2D eigenvalue weighted by atomic mass is 10.2. The Hall–Kier alpha value is -3.53. The fourth-order valence-corrected chi connectivity index (χ4v) is 4.02. The van der Waals surface area contributed by atoms with Crippen LogP contribution in [0.25, 0.3) is 6.08 Å². The molecule has 3 aromatic rings. The standard InChI is InChI=1S/C27H29ClFN5O3/c1-19-23(6-8-26(35)30-9-10-34-11-13-36-14-12-34)27(32-18-31-19)33-22-5-7-25(24(28)16-22)37-17-20-3-2-4-21(29)15-20/h2-8,15-16,18H,9-14,17H2,1H3,(H,30,35)(H,31,32,33)/b8-6+. The van der Waals surface area contributed by atoms with Gasteiger partial charge in [0.25, 0.3) is 0 Å². The van der Waals surface area contributed by atoms with Crippen molar-refractivity contribution in [3.63, 3.8) is 0 Å². The van der Waals surface area contributed by atoms with Crippen LogP contribution in [0.4, 0.5) is 15.9 Å². The number of nitrogens with one attached hydrogen (secondary N) is 2. The molecule has 37 heavy (non-hydrogen) atoms. The molecular formula is C27H29ClFN5O3. The van der Waals surface area contributed by atoms with Crippen LogP contribution in [0.1, 0.15) is 16.8 Å². The molecule has 4 rings (SSSR count). The van der Waals surface area contributed by atoms with Crippen LogP contribution >= 0.6 is 11.6 Å². The normalized spacial score (nSPS) is 14.0. The molecule has 8 nitrogen and oxygen atoms in total. The topological polar surface area (TPSA) is 88.6 Å². The Morgan fingerprint density at radius 2 is 2.05 bits per heavy atom. The van der Waals surface area contributed by atoms with Crippen molar-refractivity contribution < 1.29 is 18.7 Å². The highest BCUT2D eigenvalue weighted by atomic mass is 35.5. The van der Waals surface area contributed by atoms with Crippen molar-refractivity contribution in [2.45, 2.75) is 13.5 Å². The van der Waals surface area contributed by atoms with E-state index in [1.807, 2.05) is 6.92 Å². The van der Waals surface area contributed by atoms with Crippen molar-refractivity contribution in [1.82, 2.24) is 20.2 Å². The van der Waals surface area contributed by atoms with Crippen LogP contribution in [0.3, 0.4) is 0 Å². The molecule has 0 atom stereocenters. The second-order valence-electron chi connectivity index (χ2n) is 8.49. The number of aryl methyl sites for hydroxylation is 1. The molecule has 0 spiro atoms. The Morgan fingerprint density at radius 3 is 2.84 bits per heavy atom. The summed E-state index contributed by atoms with van der Waals surface area (Å²) in [5.41, 5.74) is 2.80. The molecule has 0 aliphatic carbocycles. The third kappa shape index (κ3) is 7.98. The Morgan fingerprint density at radius 1 is 1.22 bits per heavy atom. The number of ether oxygens (including phenoxy) is 2. The van der Waals surface area contributed by atoms with Gasteiger partial charge in [-0.25, -0.2) is 14.4 Å². The first-order valence-corrected chi connectivity index (χ1v) is 12.4. The number of morpholine rings is 1. The fourth-order valence-electron chi connectivity index (χ4n) is 3.78. The maximum atomic E-state index is 13.4. The van der Waals surface area contributed by atoms with Gasteiger partial charge in [0.2, 0.25) is 5.91 Å². The minimum absolute atomic E-state index is 0.190. The summed E-state index contributed by atoms with van der Waals surface area (Å²) in [4.78, 5) is 23.2. The monoisotopic (exact) mass is 525 g/mol. The fraction of sp³-hybridized carbons (Fsp3) is 0.296. The highest BCUT2D eigenvalue weighted by molar-refractivity contribution is 6.32. The highest BCUT2D eigenvalue weighted by Crippen LogP contribution is 2.30. The second-order valence-corrected chi connectivity index (χ2v) is 8.90. The molecular weight excluding hydrogens is 497 g/mol. The number of carbonyl (C=O) groups is 1. The summed E-state index contributed by atoms with van der Waals surface area (Å²) in [5, 5.41) is 6.53. The zero-order valence-corrected chi connectivity index (χ0v) is 21.3. The highest BCUT2D eigenvalue weighted by Gasteiger charge is 2.11. The maximum Gasteiger partial charge on any atom is 0.244 e. The first kappa shape index (κ1) is 26.5. The number of nitrogens with zero attached hydrogens (tertiary/aromatic N) is 3.